The molecule has 1 aromatic rings. The van der Waals surface area contributed by atoms with Gasteiger partial charge in [0.2, 0.25) is 0 Å². The molecule has 0 radical (unpaired) electrons. The van der Waals surface area contributed by atoms with E-state index >= 15 is 0 Å². The molecule has 6 heteroatoms. The van der Waals surface area contributed by atoms with E-state index in [2.05, 4.69) is 20.9 Å². The highest BCUT2D eigenvalue weighted by Gasteiger charge is 2.35. The Bertz CT molecular complexity index is 310. The first kappa shape index (κ1) is 10.4. The molecule has 0 fully saturated rings. The molecular weight excluding hydrogens is 254 g/mol. The van der Waals surface area contributed by atoms with E-state index in [9.17, 15) is 17.6 Å². The number of rotatable bonds is 1. The summed E-state index contributed by atoms with van der Waals surface area (Å²) in [6.07, 6.45) is -3.16. The standard InChI is InChI=1S/C7H4BrF4N/c8-1-4-2-13-3-5(6(4)9)7(10,11)12/h2-3H,1H2. The number of hydrogen-bond acceptors (Lipinski definition) is 1. The maximum atomic E-state index is 13.0. The van der Waals surface area contributed by atoms with Crippen LogP contribution >= 0.6 is 15.9 Å². The summed E-state index contributed by atoms with van der Waals surface area (Å²) in [5.41, 5.74) is -1.43. The van der Waals surface area contributed by atoms with E-state index in [1.54, 1.807) is 0 Å². The van der Waals surface area contributed by atoms with Gasteiger partial charge in [0.05, 0.1) is 0 Å². The smallest absolute Gasteiger partial charge is 0.264 e. The highest BCUT2D eigenvalue weighted by atomic mass is 79.9. The van der Waals surface area contributed by atoms with Crippen LogP contribution in [0.3, 0.4) is 0 Å². The summed E-state index contributed by atoms with van der Waals surface area (Å²) in [7, 11) is 0. The molecule has 1 rings (SSSR count). The van der Waals surface area contributed by atoms with Gasteiger partial charge in [0.25, 0.3) is 0 Å². The highest BCUT2D eigenvalue weighted by molar-refractivity contribution is 9.08. The van der Waals surface area contributed by atoms with Crippen LogP contribution in [0.4, 0.5) is 17.6 Å². The highest BCUT2D eigenvalue weighted by Crippen LogP contribution is 2.31. The van der Waals surface area contributed by atoms with Gasteiger partial charge in [-0.2, -0.15) is 13.2 Å². The summed E-state index contributed by atoms with van der Waals surface area (Å²) in [6, 6.07) is 0. The second-order valence-electron chi connectivity index (χ2n) is 2.29. The van der Waals surface area contributed by atoms with E-state index in [-0.39, 0.29) is 10.9 Å². The zero-order valence-corrected chi connectivity index (χ0v) is 7.78. The van der Waals surface area contributed by atoms with Crippen LogP contribution in [0.15, 0.2) is 12.4 Å². The van der Waals surface area contributed by atoms with Gasteiger partial charge in [0.15, 0.2) is 0 Å². The van der Waals surface area contributed by atoms with E-state index in [0.717, 1.165) is 6.20 Å². The van der Waals surface area contributed by atoms with Crippen LogP contribution in [0.1, 0.15) is 11.1 Å². The van der Waals surface area contributed by atoms with Gasteiger partial charge in [-0.25, -0.2) is 4.39 Å². The molecule has 72 valence electrons. The fourth-order valence-corrected chi connectivity index (χ4v) is 1.17. The molecule has 0 unspecified atom stereocenters. The van der Waals surface area contributed by atoms with Crippen molar-refractivity contribution in [2.45, 2.75) is 11.5 Å². The minimum atomic E-state index is -4.69. The predicted octanol–water partition coefficient (Wildman–Crippen LogP) is 3.13. The zero-order chi connectivity index (χ0) is 10.1. The van der Waals surface area contributed by atoms with Crippen molar-refractivity contribution < 1.29 is 17.6 Å². The van der Waals surface area contributed by atoms with Crippen molar-refractivity contribution in [3.05, 3.63) is 29.3 Å². The van der Waals surface area contributed by atoms with E-state index in [1.165, 1.54) is 0 Å². The average Bonchev–Trinajstić information content (AvgIpc) is 2.02. The van der Waals surface area contributed by atoms with Gasteiger partial charge in [-0.1, -0.05) is 15.9 Å². The topological polar surface area (TPSA) is 12.9 Å². The summed E-state index contributed by atoms with van der Waals surface area (Å²) >= 11 is 2.86. The monoisotopic (exact) mass is 257 g/mol. The van der Waals surface area contributed by atoms with Gasteiger partial charge >= 0.3 is 6.18 Å². The molecule has 0 bridgehead atoms. The Morgan fingerprint density at radius 1 is 1.31 bits per heavy atom. The van der Waals surface area contributed by atoms with Crippen LogP contribution in [-0.4, -0.2) is 4.98 Å². The number of halogens is 5. The Morgan fingerprint density at radius 2 is 1.92 bits per heavy atom. The van der Waals surface area contributed by atoms with Crippen molar-refractivity contribution in [3.63, 3.8) is 0 Å². The van der Waals surface area contributed by atoms with Crippen molar-refractivity contribution in [1.29, 1.82) is 0 Å². The number of nitrogens with zero attached hydrogens (tertiary/aromatic N) is 1. The number of pyridine rings is 1. The molecule has 0 N–H and O–H groups in total. The minimum Gasteiger partial charge on any atom is -0.264 e. The predicted molar refractivity (Wildman–Crippen MR) is 41.8 cm³/mol. The molecule has 0 aliphatic heterocycles. The van der Waals surface area contributed by atoms with E-state index in [1.807, 2.05) is 0 Å². The normalized spacial score (nSPS) is 11.8. The largest absolute Gasteiger partial charge is 0.420 e. The first-order valence-electron chi connectivity index (χ1n) is 3.22. The Labute approximate surface area is 79.9 Å². The molecule has 0 saturated carbocycles. The van der Waals surface area contributed by atoms with Crippen molar-refractivity contribution in [1.82, 2.24) is 4.98 Å². The van der Waals surface area contributed by atoms with Crippen molar-refractivity contribution in [3.8, 4) is 0 Å². The summed E-state index contributed by atoms with van der Waals surface area (Å²) in [6.45, 7) is 0. The van der Waals surface area contributed by atoms with Gasteiger partial charge in [-0.05, 0) is 0 Å². The molecule has 0 aromatic carbocycles. The summed E-state index contributed by atoms with van der Waals surface area (Å²) in [5.74, 6) is -1.26. The van der Waals surface area contributed by atoms with Gasteiger partial charge in [-0.15, -0.1) is 0 Å². The van der Waals surface area contributed by atoms with Gasteiger partial charge in [0, 0.05) is 23.3 Å². The lowest BCUT2D eigenvalue weighted by Crippen LogP contribution is -2.10. The number of aromatic nitrogens is 1. The van der Waals surface area contributed by atoms with Crippen molar-refractivity contribution in [2.75, 3.05) is 0 Å². The molecule has 13 heavy (non-hydrogen) atoms. The van der Waals surface area contributed by atoms with Crippen LogP contribution in [-0.2, 0) is 11.5 Å². The number of hydrogen-bond donors (Lipinski definition) is 0. The Hall–Kier alpha value is -0.650. The molecule has 1 nitrogen and oxygen atoms in total. The Balaban J connectivity index is 3.24. The molecule has 0 spiro atoms. The van der Waals surface area contributed by atoms with Crippen LogP contribution in [0, 0.1) is 5.82 Å². The minimum absolute atomic E-state index is 0.00968. The second-order valence-corrected chi connectivity index (χ2v) is 2.85. The fourth-order valence-electron chi connectivity index (χ4n) is 0.779. The van der Waals surface area contributed by atoms with Crippen LogP contribution in [0.2, 0.25) is 0 Å². The first-order valence-corrected chi connectivity index (χ1v) is 4.34. The molecule has 0 aliphatic rings. The maximum absolute atomic E-state index is 13.0. The van der Waals surface area contributed by atoms with Gasteiger partial charge in [0.1, 0.15) is 11.4 Å². The number of alkyl halides is 4. The SMILES string of the molecule is Fc1c(CBr)cncc1C(F)(F)F. The summed E-state index contributed by atoms with van der Waals surface area (Å²) in [5, 5.41) is 0.00968. The molecular formula is C7H4BrF4N. The third-order valence-corrected chi connectivity index (χ3v) is 2.01. The third kappa shape index (κ3) is 2.18. The summed E-state index contributed by atoms with van der Waals surface area (Å²) in [4.78, 5) is 3.29. The van der Waals surface area contributed by atoms with Crippen LogP contribution in [0.25, 0.3) is 0 Å². The fraction of sp³-hybridized carbons (Fsp3) is 0.286. The van der Waals surface area contributed by atoms with Crippen LogP contribution < -0.4 is 0 Å². The molecule has 0 aliphatic carbocycles. The quantitative estimate of drug-likeness (QED) is 0.557. The molecule has 1 heterocycles. The van der Waals surface area contributed by atoms with E-state index in [4.69, 9.17) is 0 Å². The third-order valence-electron chi connectivity index (χ3n) is 1.40. The average molecular weight is 258 g/mol. The van der Waals surface area contributed by atoms with E-state index in [0.29, 0.717) is 6.20 Å². The summed E-state index contributed by atoms with van der Waals surface area (Å²) < 4.78 is 49.2. The van der Waals surface area contributed by atoms with Crippen LogP contribution in [0.5, 0.6) is 0 Å². The second kappa shape index (κ2) is 3.61. The lowest BCUT2D eigenvalue weighted by Gasteiger charge is -2.08. The first-order chi connectivity index (χ1) is 5.96. The maximum Gasteiger partial charge on any atom is 0.420 e. The molecule has 1 aromatic heterocycles. The lowest BCUT2D eigenvalue weighted by molar-refractivity contribution is -0.140. The molecule has 0 atom stereocenters. The molecule has 0 saturated heterocycles. The molecule has 0 amide bonds. The van der Waals surface area contributed by atoms with Gasteiger partial charge in [-0.3, -0.25) is 4.98 Å². The van der Waals surface area contributed by atoms with Crippen molar-refractivity contribution >= 4 is 15.9 Å². The Morgan fingerprint density at radius 3 is 2.38 bits per heavy atom. The Kier molecular flexibility index (Phi) is 2.90. The lowest BCUT2D eigenvalue weighted by atomic mass is 10.2. The van der Waals surface area contributed by atoms with E-state index < -0.39 is 17.6 Å². The zero-order valence-electron chi connectivity index (χ0n) is 6.20. The van der Waals surface area contributed by atoms with Gasteiger partial charge < -0.3 is 0 Å². The van der Waals surface area contributed by atoms with Crippen molar-refractivity contribution in [2.24, 2.45) is 0 Å².